The first-order chi connectivity index (χ1) is 8.69. The van der Waals surface area contributed by atoms with E-state index in [1.54, 1.807) is 25.4 Å². The summed E-state index contributed by atoms with van der Waals surface area (Å²) >= 11 is 0. The van der Waals surface area contributed by atoms with Gasteiger partial charge in [0.25, 0.3) is 0 Å². The molecule has 2 rings (SSSR count). The zero-order chi connectivity index (χ0) is 13.0. The summed E-state index contributed by atoms with van der Waals surface area (Å²) in [4.78, 5) is 18.1. The first-order valence-corrected chi connectivity index (χ1v) is 6.16. The lowest BCUT2D eigenvalue weighted by Gasteiger charge is -2.16. The van der Waals surface area contributed by atoms with Crippen LogP contribution in [0, 0.1) is 5.92 Å². The molecular weight excluding hydrogens is 230 g/mol. The number of carbonyl (C=O) groups excluding carboxylic acids is 1. The number of nitrogens with zero attached hydrogens (tertiary/aromatic N) is 2. The van der Waals surface area contributed by atoms with Gasteiger partial charge in [0.15, 0.2) is 0 Å². The lowest BCUT2D eigenvalue weighted by molar-refractivity contribution is -0.129. The Kier molecular flexibility index (Phi) is 4.15. The predicted molar refractivity (Wildman–Crippen MR) is 68.9 cm³/mol. The molecule has 98 valence electrons. The Bertz CT molecular complexity index is 405. The van der Waals surface area contributed by atoms with E-state index >= 15 is 0 Å². The molecule has 18 heavy (non-hydrogen) atoms. The van der Waals surface area contributed by atoms with Crippen LogP contribution in [0.25, 0.3) is 0 Å². The lowest BCUT2D eigenvalue weighted by Crippen LogP contribution is -2.30. The highest BCUT2D eigenvalue weighted by Gasteiger charge is 2.26. The standard InChI is InChI=1S/C13H19N3O2/c1-18-9-10-4-5-16(8-10)13(17)6-12-3-2-11(14)7-15-12/h2-3,7,10H,4-6,8-9,14H2,1H3. The van der Waals surface area contributed by atoms with Gasteiger partial charge in [0.1, 0.15) is 0 Å². The zero-order valence-corrected chi connectivity index (χ0v) is 10.6. The molecule has 5 nitrogen and oxygen atoms in total. The Morgan fingerprint density at radius 2 is 2.44 bits per heavy atom. The normalized spacial score (nSPS) is 19.2. The summed E-state index contributed by atoms with van der Waals surface area (Å²) < 4.78 is 5.12. The molecule has 1 fully saturated rings. The minimum Gasteiger partial charge on any atom is -0.397 e. The van der Waals surface area contributed by atoms with Gasteiger partial charge in [-0.25, -0.2) is 0 Å². The molecule has 0 radical (unpaired) electrons. The fraction of sp³-hybridized carbons (Fsp3) is 0.538. The third-order valence-electron chi connectivity index (χ3n) is 3.22. The van der Waals surface area contributed by atoms with Crippen LogP contribution in [0.2, 0.25) is 0 Å². The SMILES string of the molecule is COCC1CCN(C(=O)Cc2ccc(N)cn2)C1. The molecule has 0 bridgehead atoms. The smallest absolute Gasteiger partial charge is 0.228 e. The minimum atomic E-state index is 0.130. The Balaban J connectivity index is 1.87. The molecule has 5 heteroatoms. The highest BCUT2D eigenvalue weighted by Crippen LogP contribution is 2.17. The summed E-state index contributed by atoms with van der Waals surface area (Å²) in [7, 11) is 1.70. The van der Waals surface area contributed by atoms with Crippen molar-refractivity contribution in [1.82, 2.24) is 9.88 Å². The highest BCUT2D eigenvalue weighted by atomic mass is 16.5. The van der Waals surface area contributed by atoms with Gasteiger partial charge in [-0.1, -0.05) is 0 Å². The maximum Gasteiger partial charge on any atom is 0.228 e. The number of carbonyl (C=O) groups is 1. The van der Waals surface area contributed by atoms with E-state index in [2.05, 4.69) is 4.98 Å². The fourth-order valence-corrected chi connectivity index (χ4v) is 2.24. The lowest BCUT2D eigenvalue weighted by atomic mass is 10.1. The number of ether oxygens (including phenoxy) is 1. The summed E-state index contributed by atoms with van der Waals surface area (Å²) in [6.45, 7) is 2.34. The number of anilines is 1. The molecule has 1 aromatic rings. The van der Waals surface area contributed by atoms with E-state index in [0.717, 1.165) is 31.8 Å². The Morgan fingerprint density at radius 1 is 1.61 bits per heavy atom. The number of rotatable bonds is 4. The van der Waals surface area contributed by atoms with Crippen LogP contribution >= 0.6 is 0 Å². The molecule has 1 saturated heterocycles. The predicted octanol–water partition coefficient (Wildman–Crippen LogP) is 0.701. The summed E-state index contributed by atoms with van der Waals surface area (Å²) in [6.07, 6.45) is 2.95. The molecule has 0 aromatic carbocycles. The number of nitrogen functional groups attached to an aromatic ring is 1. The van der Waals surface area contributed by atoms with Gasteiger partial charge in [-0.15, -0.1) is 0 Å². The van der Waals surface area contributed by atoms with Gasteiger partial charge in [0.05, 0.1) is 24.9 Å². The number of pyridine rings is 1. The minimum absolute atomic E-state index is 0.130. The van der Waals surface area contributed by atoms with E-state index in [-0.39, 0.29) is 5.91 Å². The van der Waals surface area contributed by atoms with Crippen LogP contribution < -0.4 is 5.73 Å². The first kappa shape index (κ1) is 12.8. The Morgan fingerprint density at radius 3 is 3.11 bits per heavy atom. The third kappa shape index (κ3) is 3.20. The molecule has 0 saturated carbocycles. The number of methoxy groups -OCH3 is 1. The van der Waals surface area contributed by atoms with Crippen molar-refractivity contribution in [2.24, 2.45) is 5.92 Å². The van der Waals surface area contributed by atoms with Gasteiger partial charge in [0.2, 0.25) is 5.91 Å². The van der Waals surface area contributed by atoms with Crippen molar-refractivity contribution < 1.29 is 9.53 Å². The second-order valence-corrected chi connectivity index (χ2v) is 4.71. The van der Waals surface area contributed by atoms with E-state index < -0.39 is 0 Å². The van der Waals surface area contributed by atoms with Gasteiger partial charge in [-0.2, -0.15) is 0 Å². The largest absolute Gasteiger partial charge is 0.397 e. The average molecular weight is 249 g/mol. The molecule has 1 aromatic heterocycles. The van der Waals surface area contributed by atoms with Gasteiger partial charge in [-0.3, -0.25) is 9.78 Å². The topological polar surface area (TPSA) is 68.5 Å². The molecule has 1 aliphatic rings. The number of likely N-dealkylation sites (tertiary alicyclic amines) is 1. The fourth-order valence-electron chi connectivity index (χ4n) is 2.24. The van der Waals surface area contributed by atoms with Crippen LogP contribution in [0.15, 0.2) is 18.3 Å². The Hall–Kier alpha value is -1.62. The number of amides is 1. The van der Waals surface area contributed by atoms with E-state index in [9.17, 15) is 4.79 Å². The van der Waals surface area contributed by atoms with Gasteiger partial charge in [0, 0.05) is 31.8 Å². The van der Waals surface area contributed by atoms with Crippen LogP contribution in [-0.2, 0) is 16.0 Å². The first-order valence-electron chi connectivity index (χ1n) is 6.16. The summed E-state index contributed by atoms with van der Waals surface area (Å²) in [5.74, 6) is 0.601. The number of nitrogens with two attached hydrogens (primary N) is 1. The quantitative estimate of drug-likeness (QED) is 0.853. The average Bonchev–Trinajstić information content (AvgIpc) is 2.81. The maximum absolute atomic E-state index is 12.1. The summed E-state index contributed by atoms with van der Waals surface area (Å²) in [5, 5.41) is 0. The maximum atomic E-state index is 12.1. The van der Waals surface area contributed by atoms with Gasteiger partial charge < -0.3 is 15.4 Å². The van der Waals surface area contributed by atoms with Crippen molar-refractivity contribution in [1.29, 1.82) is 0 Å². The van der Waals surface area contributed by atoms with Crippen molar-refractivity contribution in [3.8, 4) is 0 Å². The van der Waals surface area contributed by atoms with Crippen LogP contribution in [0.1, 0.15) is 12.1 Å². The number of hydrogen-bond donors (Lipinski definition) is 1. The van der Waals surface area contributed by atoms with Crippen molar-refractivity contribution in [3.63, 3.8) is 0 Å². The summed E-state index contributed by atoms with van der Waals surface area (Å²) in [6, 6.07) is 3.57. The molecule has 1 unspecified atom stereocenters. The van der Waals surface area contributed by atoms with Crippen LogP contribution in [0.3, 0.4) is 0 Å². The van der Waals surface area contributed by atoms with E-state index in [1.807, 2.05) is 4.90 Å². The molecule has 2 heterocycles. The van der Waals surface area contributed by atoms with Crippen molar-refractivity contribution in [3.05, 3.63) is 24.0 Å². The van der Waals surface area contributed by atoms with Crippen LogP contribution in [-0.4, -0.2) is 42.6 Å². The molecule has 2 N–H and O–H groups in total. The third-order valence-corrected chi connectivity index (χ3v) is 3.22. The second kappa shape index (κ2) is 5.82. The molecular formula is C13H19N3O2. The van der Waals surface area contributed by atoms with E-state index in [4.69, 9.17) is 10.5 Å². The molecule has 1 atom stereocenters. The zero-order valence-electron chi connectivity index (χ0n) is 10.6. The van der Waals surface area contributed by atoms with E-state index in [0.29, 0.717) is 18.0 Å². The van der Waals surface area contributed by atoms with Crippen molar-refractivity contribution in [2.75, 3.05) is 32.5 Å². The highest BCUT2D eigenvalue weighted by molar-refractivity contribution is 5.78. The molecule has 0 spiro atoms. The Labute approximate surface area is 107 Å². The monoisotopic (exact) mass is 249 g/mol. The second-order valence-electron chi connectivity index (χ2n) is 4.71. The van der Waals surface area contributed by atoms with Crippen LogP contribution in [0.5, 0.6) is 0 Å². The van der Waals surface area contributed by atoms with E-state index in [1.165, 1.54) is 0 Å². The molecule has 0 aliphatic carbocycles. The number of aromatic nitrogens is 1. The van der Waals surface area contributed by atoms with Gasteiger partial charge >= 0.3 is 0 Å². The number of hydrogen-bond acceptors (Lipinski definition) is 4. The summed E-state index contributed by atoms with van der Waals surface area (Å²) in [5.41, 5.74) is 6.95. The molecule has 1 aliphatic heterocycles. The van der Waals surface area contributed by atoms with Crippen molar-refractivity contribution >= 4 is 11.6 Å². The molecule has 1 amide bonds. The van der Waals surface area contributed by atoms with Gasteiger partial charge in [-0.05, 0) is 18.6 Å². The van der Waals surface area contributed by atoms with Crippen molar-refractivity contribution in [2.45, 2.75) is 12.8 Å². The van der Waals surface area contributed by atoms with Crippen LogP contribution in [0.4, 0.5) is 5.69 Å².